The number of hydrogen-bond donors (Lipinski definition) is 1. The van der Waals surface area contributed by atoms with Crippen molar-refractivity contribution < 1.29 is 0 Å². The van der Waals surface area contributed by atoms with Gasteiger partial charge in [-0.05, 0) is 90.9 Å². The molecule has 0 aromatic heterocycles. The second kappa shape index (κ2) is 6.87. The molecule has 2 N–H and O–H groups in total. The Balaban J connectivity index is 2.93. The van der Waals surface area contributed by atoms with Crippen LogP contribution in [0.5, 0.6) is 0 Å². The van der Waals surface area contributed by atoms with Gasteiger partial charge in [-0.3, -0.25) is 0 Å². The van der Waals surface area contributed by atoms with Crippen molar-refractivity contribution in [2.75, 3.05) is 0 Å². The fourth-order valence-corrected chi connectivity index (χ4v) is 3.59. The first-order valence-corrected chi connectivity index (χ1v) is 8.20. The Bertz CT molecular complexity index is 779. The number of nitrogens with two attached hydrogens (primary N) is 1. The summed E-state index contributed by atoms with van der Waals surface area (Å²) in [5, 5.41) is 0. The number of rotatable bonds is 4. The quantitative estimate of drug-likeness (QED) is 0.768. The molecule has 2 aromatic carbocycles. The van der Waals surface area contributed by atoms with Crippen molar-refractivity contribution >= 4 is 12.2 Å². The molecule has 2 rings (SSSR count). The van der Waals surface area contributed by atoms with Crippen LogP contribution in [0.15, 0.2) is 31.0 Å². The summed E-state index contributed by atoms with van der Waals surface area (Å²) < 4.78 is 0. The predicted molar refractivity (Wildman–Crippen MR) is 104 cm³/mol. The van der Waals surface area contributed by atoms with Gasteiger partial charge in [-0.1, -0.05) is 43.3 Å². The van der Waals surface area contributed by atoms with Crippen molar-refractivity contribution in [3.63, 3.8) is 0 Å². The molecule has 0 aliphatic heterocycles. The lowest BCUT2D eigenvalue weighted by atomic mass is 9.82. The molecule has 0 radical (unpaired) electrons. The molecule has 0 saturated carbocycles. The maximum absolute atomic E-state index is 5.67. The fourth-order valence-electron chi connectivity index (χ4n) is 3.59. The molecule has 0 unspecified atom stereocenters. The van der Waals surface area contributed by atoms with Gasteiger partial charge in [-0.15, -0.1) is 0 Å². The summed E-state index contributed by atoms with van der Waals surface area (Å²) in [6, 6.07) is 6.69. The van der Waals surface area contributed by atoms with E-state index in [1.807, 2.05) is 12.2 Å². The van der Waals surface area contributed by atoms with E-state index < -0.39 is 0 Å². The minimum Gasteiger partial charge on any atom is -0.405 e. The van der Waals surface area contributed by atoms with Gasteiger partial charge in [0.05, 0.1) is 0 Å². The molecule has 0 aliphatic rings. The zero-order valence-electron chi connectivity index (χ0n) is 15.0. The van der Waals surface area contributed by atoms with E-state index in [0.717, 1.165) is 6.42 Å². The van der Waals surface area contributed by atoms with Crippen molar-refractivity contribution in [1.29, 1.82) is 0 Å². The lowest BCUT2D eigenvalue weighted by Gasteiger charge is -2.22. The summed E-state index contributed by atoms with van der Waals surface area (Å²) in [6.07, 6.45) is 6.55. The normalized spacial score (nSPS) is 11.2. The summed E-state index contributed by atoms with van der Waals surface area (Å²) in [6.45, 7) is 15.0. The van der Waals surface area contributed by atoms with E-state index in [4.69, 9.17) is 5.73 Å². The van der Waals surface area contributed by atoms with Crippen molar-refractivity contribution in [1.82, 2.24) is 0 Å². The third-order valence-corrected chi connectivity index (χ3v) is 4.70. The number of benzene rings is 2. The molecule has 0 amide bonds. The van der Waals surface area contributed by atoms with Crippen LogP contribution in [0.4, 0.5) is 0 Å². The minimum absolute atomic E-state index is 0.998. The van der Waals surface area contributed by atoms with Gasteiger partial charge in [0.25, 0.3) is 0 Å². The van der Waals surface area contributed by atoms with Crippen LogP contribution < -0.4 is 5.73 Å². The zero-order valence-corrected chi connectivity index (χ0v) is 15.0. The molecule has 2 aromatic rings. The predicted octanol–water partition coefficient (Wildman–Crippen LogP) is 5.72. The van der Waals surface area contributed by atoms with Crippen molar-refractivity contribution in [3.8, 4) is 11.1 Å². The second-order valence-electron chi connectivity index (χ2n) is 6.17. The minimum atomic E-state index is 0.998. The standard InChI is InChI=1S/C22H27N/c1-7-18-17(6)22(20-10-9-14(3)13-15(20)4)19(8-2)16(5)21(18)11-12-23/h7,9-13H,1,8,23H2,2-6H3/b12-11-. The third kappa shape index (κ3) is 2.96. The Morgan fingerprint density at radius 3 is 2.26 bits per heavy atom. The van der Waals surface area contributed by atoms with Crippen LogP contribution in [-0.2, 0) is 6.42 Å². The van der Waals surface area contributed by atoms with Gasteiger partial charge in [0.2, 0.25) is 0 Å². The Morgan fingerprint density at radius 2 is 1.74 bits per heavy atom. The third-order valence-electron chi connectivity index (χ3n) is 4.70. The molecule has 23 heavy (non-hydrogen) atoms. The van der Waals surface area contributed by atoms with Gasteiger partial charge < -0.3 is 5.73 Å². The van der Waals surface area contributed by atoms with Gasteiger partial charge in [0.1, 0.15) is 0 Å². The SMILES string of the molecule is C=Cc1c(C)c(-c2ccc(C)cc2C)c(CC)c(C)c1/C=C\N. The van der Waals surface area contributed by atoms with Gasteiger partial charge >= 0.3 is 0 Å². The van der Waals surface area contributed by atoms with Crippen LogP contribution in [0.1, 0.15) is 45.9 Å². The highest BCUT2D eigenvalue weighted by Gasteiger charge is 2.18. The Labute approximate surface area is 140 Å². The molecule has 0 spiro atoms. The van der Waals surface area contributed by atoms with E-state index in [0.29, 0.717) is 0 Å². The summed E-state index contributed by atoms with van der Waals surface area (Å²) in [7, 11) is 0. The van der Waals surface area contributed by atoms with Gasteiger partial charge in [-0.25, -0.2) is 0 Å². The van der Waals surface area contributed by atoms with E-state index in [2.05, 4.69) is 59.4 Å². The number of hydrogen-bond acceptors (Lipinski definition) is 1. The maximum Gasteiger partial charge on any atom is -0.00560 e. The zero-order chi connectivity index (χ0) is 17.1. The van der Waals surface area contributed by atoms with Gasteiger partial charge in [0.15, 0.2) is 0 Å². The van der Waals surface area contributed by atoms with E-state index >= 15 is 0 Å². The molecule has 0 bridgehead atoms. The van der Waals surface area contributed by atoms with Crippen LogP contribution in [0.2, 0.25) is 0 Å². The largest absolute Gasteiger partial charge is 0.405 e. The second-order valence-corrected chi connectivity index (χ2v) is 6.17. The molecule has 1 nitrogen and oxygen atoms in total. The molecule has 0 saturated heterocycles. The highest BCUT2D eigenvalue weighted by atomic mass is 14.5. The first-order valence-electron chi connectivity index (χ1n) is 8.20. The summed E-state index contributed by atoms with van der Waals surface area (Å²) in [5.74, 6) is 0. The molecule has 120 valence electrons. The van der Waals surface area contributed by atoms with Gasteiger partial charge in [-0.2, -0.15) is 0 Å². The van der Waals surface area contributed by atoms with Crippen molar-refractivity contribution in [2.24, 2.45) is 5.73 Å². The van der Waals surface area contributed by atoms with E-state index in [-0.39, 0.29) is 0 Å². The Hall–Kier alpha value is -2.28. The van der Waals surface area contributed by atoms with Crippen LogP contribution in [0.3, 0.4) is 0 Å². The molecule has 0 aliphatic carbocycles. The number of aryl methyl sites for hydroxylation is 2. The molecule has 0 atom stereocenters. The summed E-state index contributed by atoms with van der Waals surface area (Å²) in [5.41, 5.74) is 17.3. The molecule has 0 heterocycles. The van der Waals surface area contributed by atoms with Crippen LogP contribution in [0, 0.1) is 27.7 Å². The average molecular weight is 305 g/mol. The van der Waals surface area contributed by atoms with E-state index in [9.17, 15) is 0 Å². The average Bonchev–Trinajstić information content (AvgIpc) is 2.51. The van der Waals surface area contributed by atoms with Gasteiger partial charge in [0, 0.05) is 0 Å². The molecular formula is C22H27N. The monoisotopic (exact) mass is 305 g/mol. The maximum atomic E-state index is 5.67. The Morgan fingerprint density at radius 1 is 1.04 bits per heavy atom. The van der Waals surface area contributed by atoms with Crippen LogP contribution >= 0.6 is 0 Å². The van der Waals surface area contributed by atoms with Crippen LogP contribution in [0.25, 0.3) is 23.3 Å². The van der Waals surface area contributed by atoms with Crippen molar-refractivity contribution in [3.05, 3.63) is 69.9 Å². The molecule has 1 heteroatoms. The lowest BCUT2D eigenvalue weighted by molar-refractivity contribution is 1.10. The highest BCUT2D eigenvalue weighted by Crippen LogP contribution is 2.38. The Kier molecular flexibility index (Phi) is 5.10. The first kappa shape index (κ1) is 17.1. The summed E-state index contributed by atoms with van der Waals surface area (Å²) in [4.78, 5) is 0. The summed E-state index contributed by atoms with van der Waals surface area (Å²) >= 11 is 0. The topological polar surface area (TPSA) is 26.0 Å². The van der Waals surface area contributed by atoms with E-state index in [1.54, 1.807) is 6.20 Å². The lowest BCUT2D eigenvalue weighted by Crippen LogP contribution is -2.03. The fraction of sp³-hybridized carbons (Fsp3) is 0.273. The smallest absolute Gasteiger partial charge is 0.00560 e. The molecular weight excluding hydrogens is 278 g/mol. The van der Waals surface area contributed by atoms with Crippen molar-refractivity contribution in [2.45, 2.75) is 41.0 Å². The van der Waals surface area contributed by atoms with E-state index in [1.165, 1.54) is 50.1 Å². The molecule has 0 fully saturated rings. The highest BCUT2D eigenvalue weighted by molar-refractivity contribution is 5.83. The van der Waals surface area contributed by atoms with Crippen LogP contribution in [-0.4, -0.2) is 0 Å². The first-order chi connectivity index (χ1) is 11.0.